The minimum Gasteiger partial charge on any atom is -0.336 e. The van der Waals surface area contributed by atoms with E-state index in [1.165, 1.54) is 0 Å². The third-order valence-electron chi connectivity index (χ3n) is 3.59. The molecule has 1 saturated heterocycles. The Morgan fingerprint density at radius 2 is 1.89 bits per heavy atom. The fourth-order valence-electron chi connectivity index (χ4n) is 2.03. The van der Waals surface area contributed by atoms with Crippen LogP contribution in [0.4, 0.5) is 0 Å². The normalized spacial score (nSPS) is 16.1. The molecule has 1 amide bonds. The number of ketones is 1. The van der Waals surface area contributed by atoms with Gasteiger partial charge in [-0.2, -0.15) is 0 Å². The number of Topliss-reactive ketones (excluding diaryl/α,β-unsaturated/α-hetero) is 1. The summed E-state index contributed by atoms with van der Waals surface area (Å²) in [7, 11) is 0. The van der Waals surface area contributed by atoms with Gasteiger partial charge in [-0.15, -0.1) is 0 Å². The highest BCUT2D eigenvalue weighted by Gasteiger charge is 2.34. The Labute approximate surface area is 113 Å². The molecule has 4 nitrogen and oxygen atoms in total. The van der Waals surface area contributed by atoms with Crippen molar-refractivity contribution in [3.05, 3.63) is 29.6 Å². The van der Waals surface area contributed by atoms with Gasteiger partial charge < -0.3 is 4.90 Å². The number of aromatic nitrogens is 1. The van der Waals surface area contributed by atoms with E-state index in [1.807, 2.05) is 6.07 Å². The van der Waals surface area contributed by atoms with Crippen LogP contribution in [-0.2, 0) is 10.2 Å². The van der Waals surface area contributed by atoms with Crippen LogP contribution in [0.3, 0.4) is 0 Å². The van der Waals surface area contributed by atoms with Gasteiger partial charge in [0.2, 0.25) is 0 Å². The van der Waals surface area contributed by atoms with Crippen molar-refractivity contribution in [2.24, 2.45) is 5.92 Å². The van der Waals surface area contributed by atoms with Gasteiger partial charge in [-0.25, -0.2) is 0 Å². The van der Waals surface area contributed by atoms with E-state index in [1.54, 1.807) is 24.1 Å². The summed E-state index contributed by atoms with van der Waals surface area (Å²) in [6, 6.07) is 3.71. The van der Waals surface area contributed by atoms with Gasteiger partial charge in [-0.05, 0) is 24.0 Å². The molecule has 0 aromatic carbocycles. The lowest BCUT2D eigenvalue weighted by Gasteiger charge is -2.37. The van der Waals surface area contributed by atoms with Gasteiger partial charge >= 0.3 is 0 Å². The number of amides is 1. The molecule has 0 radical (unpaired) electrons. The summed E-state index contributed by atoms with van der Waals surface area (Å²) in [6.45, 7) is 8.95. The number of rotatable bonds is 2. The maximum Gasteiger partial charge on any atom is 0.272 e. The van der Waals surface area contributed by atoms with Crippen LogP contribution in [0.2, 0.25) is 0 Å². The lowest BCUT2D eigenvalue weighted by molar-refractivity contribution is -0.124. The van der Waals surface area contributed by atoms with Crippen molar-refractivity contribution in [1.82, 2.24) is 9.88 Å². The van der Waals surface area contributed by atoms with Crippen LogP contribution in [0, 0.1) is 5.92 Å². The zero-order valence-corrected chi connectivity index (χ0v) is 11.9. The van der Waals surface area contributed by atoms with Crippen molar-refractivity contribution < 1.29 is 9.59 Å². The Morgan fingerprint density at radius 3 is 2.32 bits per heavy atom. The molecule has 0 spiro atoms. The van der Waals surface area contributed by atoms with Gasteiger partial charge in [-0.1, -0.05) is 26.8 Å². The van der Waals surface area contributed by atoms with E-state index >= 15 is 0 Å². The molecule has 1 aliphatic heterocycles. The smallest absolute Gasteiger partial charge is 0.272 e. The largest absolute Gasteiger partial charge is 0.336 e. The first-order valence-corrected chi connectivity index (χ1v) is 6.55. The first kappa shape index (κ1) is 13.7. The number of nitrogens with zero attached hydrogens (tertiary/aromatic N) is 2. The third-order valence-corrected chi connectivity index (χ3v) is 3.59. The zero-order chi connectivity index (χ0) is 14.2. The van der Waals surface area contributed by atoms with Crippen LogP contribution in [-0.4, -0.2) is 34.7 Å². The molecule has 1 aromatic rings. The van der Waals surface area contributed by atoms with Gasteiger partial charge in [0.05, 0.1) is 5.92 Å². The van der Waals surface area contributed by atoms with E-state index < -0.39 is 0 Å². The minimum absolute atomic E-state index is 0.0119. The van der Waals surface area contributed by atoms with E-state index in [9.17, 15) is 9.59 Å². The molecule has 4 heteroatoms. The lowest BCUT2D eigenvalue weighted by Crippen LogP contribution is -2.52. The SMILES string of the molecule is CC(=O)C1CN(C(=O)c2ccc(C(C)(C)C)cn2)C1. The second kappa shape index (κ2) is 4.76. The number of carbonyl (C=O) groups is 2. The lowest BCUT2D eigenvalue weighted by atomic mass is 9.88. The van der Waals surface area contributed by atoms with E-state index in [-0.39, 0.29) is 23.0 Å². The third kappa shape index (κ3) is 2.83. The van der Waals surface area contributed by atoms with Gasteiger partial charge in [0.25, 0.3) is 5.91 Å². The van der Waals surface area contributed by atoms with Crippen molar-refractivity contribution in [1.29, 1.82) is 0 Å². The first-order chi connectivity index (χ1) is 8.79. The van der Waals surface area contributed by atoms with Gasteiger partial charge in [-0.3, -0.25) is 14.6 Å². The van der Waals surface area contributed by atoms with Crippen molar-refractivity contribution in [3.63, 3.8) is 0 Å². The molecule has 0 N–H and O–H groups in total. The summed E-state index contributed by atoms with van der Waals surface area (Å²) >= 11 is 0. The van der Waals surface area contributed by atoms with Crippen LogP contribution < -0.4 is 0 Å². The Bertz CT molecular complexity index is 494. The molecule has 0 aliphatic carbocycles. The van der Waals surface area contributed by atoms with Crippen LogP contribution in [0.5, 0.6) is 0 Å². The molecule has 2 heterocycles. The summed E-state index contributed by atoms with van der Waals surface area (Å²) in [5.41, 5.74) is 1.59. The molecule has 0 saturated carbocycles. The summed E-state index contributed by atoms with van der Waals surface area (Å²) in [6.07, 6.45) is 1.76. The van der Waals surface area contributed by atoms with Crippen molar-refractivity contribution in [2.45, 2.75) is 33.1 Å². The summed E-state index contributed by atoms with van der Waals surface area (Å²) in [5, 5.41) is 0. The molecule has 1 aliphatic rings. The van der Waals surface area contributed by atoms with E-state index in [2.05, 4.69) is 25.8 Å². The average Bonchev–Trinajstić information content (AvgIpc) is 2.25. The second-order valence-electron chi connectivity index (χ2n) is 6.20. The second-order valence-corrected chi connectivity index (χ2v) is 6.20. The summed E-state index contributed by atoms with van der Waals surface area (Å²) in [4.78, 5) is 29.2. The van der Waals surface area contributed by atoms with Gasteiger partial charge in [0.1, 0.15) is 11.5 Å². The quantitative estimate of drug-likeness (QED) is 0.817. The monoisotopic (exact) mass is 260 g/mol. The van der Waals surface area contributed by atoms with E-state index in [4.69, 9.17) is 0 Å². The standard InChI is InChI=1S/C15H20N2O2/c1-10(18)11-8-17(9-11)14(19)13-6-5-12(7-16-13)15(2,3)4/h5-7,11H,8-9H2,1-4H3. The molecule has 19 heavy (non-hydrogen) atoms. The molecule has 0 atom stereocenters. The molecular formula is C15H20N2O2. The number of hydrogen-bond donors (Lipinski definition) is 0. The molecule has 0 unspecified atom stereocenters. The van der Waals surface area contributed by atoms with E-state index in [0.29, 0.717) is 18.8 Å². The Kier molecular flexibility index (Phi) is 3.43. The van der Waals surface area contributed by atoms with Crippen LogP contribution >= 0.6 is 0 Å². The van der Waals surface area contributed by atoms with Crippen molar-refractivity contribution >= 4 is 11.7 Å². The summed E-state index contributed by atoms with van der Waals surface area (Å²) in [5.74, 6) is 0.0795. The molecule has 1 aromatic heterocycles. The number of carbonyl (C=O) groups excluding carboxylic acids is 2. The molecule has 0 bridgehead atoms. The highest BCUT2D eigenvalue weighted by molar-refractivity contribution is 5.94. The van der Waals surface area contributed by atoms with Crippen molar-refractivity contribution in [2.75, 3.05) is 13.1 Å². The molecule has 102 valence electrons. The predicted molar refractivity (Wildman–Crippen MR) is 73.0 cm³/mol. The number of hydrogen-bond acceptors (Lipinski definition) is 3. The molecular weight excluding hydrogens is 240 g/mol. The first-order valence-electron chi connectivity index (χ1n) is 6.55. The number of likely N-dealkylation sites (tertiary alicyclic amines) is 1. The zero-order valence-electron chi connectivity index (χ0n) is 11.9. The van der Waals surface area contributed by atoms with Crippen LogP contribution in [0.25, 0.3) is 0 Å². The Morgan fingerprint density at radius 1 is 1.26 bits per heavy atom. The maximum atomic E-state index is 12.1. The molecule has 2 rings (SSSR count). The van der Waals surface area contributed by atoms with Gasteiger partial charge in [0, 0.05) is 19.3 Å². The van der Waals surface area contributed by atoms with Crippen LogP contribution in [0.1, 0.15) is 43.7 Å². The fourth-order valence-corrected chi connectivity index (χ4v) is 2.03. The Balaban J connectivity index is 2.04. The topological polar surface area (TPSA) is 50.3 Å². The van der Waals surface area contributed by atoms with E-state index in [0.717, 1.165) is 5.56 Å². The van der Waals surface area contributed by atoms with Gasteiger partial charge in [0.15, 0.2) is 0 Å². The minimum atomic E-state index is -0.0852. The average molecular weight is 260 g/mol. The molecule has 1 fully saturated rings. The fraction of sp³-hybridized carbons (Fsp3) is 0.533. The Hall–Kier alpha value is -1.71. The van der Waals surface area contributed by atoms with Crippen LogP contribution in [0.15, 0.2) is 18.3 Å². The predicted octanol–water partition coefficient (Wildman–Crippen LogP) is 2.04. The number of pyridine rings is 1. The highest BCUT2D eigenvalue weighted by atomic mass is 16.2. The van der Waals surface area contributed by atoms with Crippen molar-refractivity contribution in [3.8, 4) is 0 Å². The maximum absolute atomic E-state index is 12.1. The summed E-state index contributed by atoms with van der Waals surface area (Å²) < 4.78 is 0. The highest BCUT2D eigenvalue weighted by Crippen LogP contribution is 2.22.